The van der Waals surface area contributed by atoms with Crippen molar-refractivity contribution in [2.24, 2.45) is 0 Å². The van der Waals surface area contributed by atoms with Crippen molar-refractivity contribution in [1.29, 1.82) is 0 Å². The molecule has 2 rings (SSSR count). The molecule has 2 heterocycles. The lowest BCUT2D eigenvalue weighted by Crippen LogP contribution is -2.48. The lowest BCUT2D eigenvalue weighted by Gasteiger charge is -2.35. The predicted octanol–water partition coefficient (Wildman–Crippen LogP) is 2.18. The molecule has 0 amide bonds. The van der Waals surface area contributed by atoms with Crippen LogP contribution in [0.5, 0.6) is 0 Å². The Morgan fingerprint density at radius 1 is 1.29 bits per heavy atom. The molecule has 1 fully saturated rings. The topological polar surface area (TPSA) is 39.6 Å². The van der Waals surface area contributed by atoms with Crippen LogP contribution in [0, 0.1) is 0 Å². The van der Waals surface area contributed by atoms with Crippen molar-refractivity contribution < 1.29 is 5.11 Å². The molecule has 4 nitrogen and oxygen atoms in total. The normalized spacial score (nSPS) is 18.6. The highest BCUT2D eigenvalue weighted by atomic mass is 35.5. The number of allylic oxidation sites excluding steroid dienone is 1. The van der Waals surface area contributed by atoms with Gasteiger partial charge in [-0.25, -0.2) is 4.98 Å². The first kappa shape index (κ1) is 16.4. The van der Waals surface area contributed by atoms with Crippen LogP contribution in [0.4, 0.5) is 0 Å². The SMILES string of the molecule is C=CCCC(O)CN1CCN(Cc2ccc(Cl)nc2)CC1. The van der Waals surface area contributed by atoms with Crippen molar-refractivity contribution in [3.8, 4) is 0 Å². The molecular formula is C16H24ClN3O. The zero-order chi connectivity index (χ0) is 15.1. The second kappa shape index (κ2) is 8.49. The maximum atomic E-state index is 9.94. The minimum atomic E-state index is -0.241. The molecule has 1 aliphatic heterocycles. The summed E-state index contributed by atoms with van der Waals surface area (Å²) in [7, 11) is 0. The summed E-state index contributed by atoms with van der Waals surface area (Å²) < 4.78 is 0. The molecule has 1 saturated heterocycles. The van der Waals surface area contributed by atoms with E-state index in [1.165, 1.54) is 5.56 Å². The van der Waals surface area contributed by atoms with Crippen LogP contribution in [0.25, 0.3) is 0 Å². The minimum Gasteiger partial charge on any atom is -0.392 e. The number of hydrogen-bond donors (Lipinski definition) is 1. The summed E-state index contributed by atoms with van der Waals surface area (Å²) in [6, 6.07) is 3.86. The number of aliphatic hydroxyl groups excluding tert-OH is 1. The highest BCUT2D eigenvalue weighted by Crippen LogP contribution is 2.11. The van der Waals surface area contributed by atoms with Crippen LogP contribution in [0.1, 0.15) is 18.4 Å². The van der Waals surface area contributed by atoms with Gasteiger partial charge < -0.3 is 5.11 Å². The number of rotatable bonds is 7. The zero-order valence-corrected chi connectivity index (χ0v) is 13.2. The first-order valence-corrected chi connectivity index (χ1v) is 7.89. The summed E-state index contributed by atoms with van der Waals surface area (Å²) in [5.74, 6) is 0. The van der Waals surface area contributed by atoms with E-state index in [2.05, 4.69) is 21.4 Å². The van der Waals surface area contributed by atoms with Crippen LogP contribution >= 0.6 is 11.6 Å². The van der Waals surface area contributed by atoms with Crippen LogP contribution in [-0.4, -0.2) is 58.7 Å². The first-order chi connectivity index (χ1) is 10.2. The standard InChI is InChI=1S/C16H24ClN3O/c1-2-3-4-15(21)13-20-9-7-19(8-10-20)12-14-5-6-16(17)18-11-14/h2,5-6,11,15,21H,1,3-4,7-10,12-13H2. The van der Waals surface area contributed by atoms with Gasteiger partial charge >= 0.3 is 0 Å². The maximum absolute atomic E-state index is 9.94. The molecule has 0 saturated carbocycles. The van der Waals surface area contributed by atoms with Gasteiger partial charge in [0.1, 0.15) is 5.15 Å². The zero-order valence-electron chi connectivity index (χ0n) is 12.4. The van der Waals surface area contributed by atoms with E-state index in [0.717, 1.165) is 52.1 Å². The third kappa shape index (κ3) is 5.75. The smallest absolute Gasteiger partial charge is 0.129 e. The lowest BCUT2D eigenvalue weighted by molar-refractivity contribution is 0.0669. The van der Waals surface area contributed by atoms with Gasteiger partial charge in [-0.15, -0.1) is 6.58 Å². The van der Waals surface area contributed by atoms with Crippen molar-refractivity contribution >= 4 is 11.6 Å². The van der Waals surface area contributed by atoms with Gasteiger partial charge in [-0.3, -0.25) is 9.80 Å². The molecule has 1 aromatic heterocycles. The number of piperazine rings is 1. The van der Waals surface area contributed by atoms with E-state index in [9.17, 15) is 5.11 Å². The summed E-state index contributed by atoms with van der Waals surface area (Å²) >= 11 is 5.80. The molecule has 1 aliphatic rings. The number of nitrogens with zero attached hydrogens (tertiary/aromatic N) is 3. The fourth-order valence-electron chi connectivity index (χ4n) is 2.59. The largest absolute Gasteiger partial charge is 0.392 e. The molecule has 0 aliphatic carbocycles. The van der Waals surface area contributed by atoms with Gasteiger partial charge in [0.25, 0.3) is 0 Å². The van der Waals surface area contributed by atoms with Crippen molar-refractivity contribution in [3.63, 3.8) is 0 Å². The van der Waals surface area contributed by atoms with E-state index in [1.54, 1.807) is 0 Å². The number of aliphatic hydroxyl groups is 1. The first-order valence-electron chi connectivity index (χ1n) is 7.51. The van der Waals surface area contributed by atoms with Crippen LogP contribution in [0.3, 0.4) is 0 Å². The van der Waals surface area contributed by atoms with E-state index in [1.807, 2.05) is 24.4 Å². The predicted molar refractivity (Wildman–Crippen MR) is 86.4 cm³/mol. The molecule has 0 bridgehead atoms. The van der Waals surface area contributed by atoms with Gasteiger partial charge in [-0.05, 0) is 24.5 Å². The van der Waals surface area contributed by atoms with Crippen LogP contribution in [-0.2, 0) is 6.54 Å². The highest BCUT2D eigenvalue weighted by molar-refractivity contribution is 6.29. The fraction of sp³-hybridized carbons (Fsp3) is 0.562. The lowest BCUT2D eigenvalue weighted by atomic mass is 10.1. The van der Waals surface area contributed by atoms with E-state index in [0.29, 0.717) is 5.15 Å². The summed E-state index contributed by atoms with van der Waals surface area (Å²) in [5.41, 5.74) is 1.19. The fourth-order valence-corrected chi connectivity index (χ4v) is 2.70. The van der Waals surface area contributed by atoms with E-state index in [-0.39, 0.29) is 6.10 Å². The van der Waals surface area contributed by atoms with E-state index >= 15 is 0 Å². The third-order valence-electron chi connectivity index (χ3n) is 3.83. The summed E-state index contributed by atoms with van der Waals surface area (Å²) in [6.45, 7) is 9.43. The number of aromatic nitrogens is 1. The Balaban J connectivity index is 1.70. The molecular weight excluding hydrogens is 286 g/mol. The van der Waals surface area contributed by atoms with Crippen LogP contribution in [0.15, 0.2) is 31.0 Å². The minimum absolute atomic E-state index is 0.241. The van der Waals surface area contributed by atoms with Gasteiger partial charge in [0.2, 0.25) is 0 Å². The van der Waals surface area contributed by atoms with E-state index in [4.69, 9.17) is 11.6 Å². The van der Waals surface area contributed by atoms with Gasteiger partial charge in [-0.1, -0.05) is 23.7 Å². The molecule has 116 valence electrons. The Kier molecular flexibility index (Phi) is 6.64. The van der Waals surface area contributed by atoms with E-state index < -0.39 is 0 Å². The van der Waals surface area contributed by atoms with Crippen molar-refractivity contribution in [1.82, 2.24) is 14.8 Å². The molecule has 0 radical (unpaired) electrons. The molecule has 0 aromatic carbocycles. The average molecular weight is 310 g/mol. The quantitative estimate of drug-likeness (QED) is 0.619. The molecule has 1 N–H and O–H groups in total. The van der Waals surface area contributed by atoms with Gasteiger partial charge in [0.15, 0.2) is 0 Å². The summed E-state index contributed by atoms with van der Waals surface area (Å²) in [6.07, 6.45) is 5.15. The van der Waals surface area contributed by atoms with Gasteiger partial charge in [-0.2, -0.15) is 0 Å². The Morgan fingerprint density at radius 3 is 2.62 bits per heavy atom. The molecule has 1 atom stereocenters. The second-order valence-electron chi connectivity index (χ2n) is 5.59. The Labute approximate surface area is 132 Å². The molecule has 5 heteroatoms. The Hall–Kier alpha value is -0.940. The Bertz CT molecular complexity index is 430. The number of β-amino-alcohol motifs (C(OH)–C–C–N with tert-alkyl or cyclic N) is 1. The third-order valence-corrected chi connectivity index (χ3v) is 4.06. The van der Waals surface area contributed by atoms with Gasteiger partial charge in [0, 0.05) is 45.5 Å². The Morgan fingerprint density at radius 2 is 2.00 bits per heavy atom. The van der Waals surface area contributed by atoms with Crippen LogP contribution in [0.2, 0.25) is 5.15 Å². The maximum Gasteiger partial charge on any atom is 0.129 e. The number of hydrogen-bond acceptors (Lipinski definition) is 4. The van der Waals surface area contributed by atoms with Crippen molar-refractivity contribution in [2.45, 2.75) is 25.5 Å². The average Bonchev–Trinajstić information content (AvgIpc) is 2.49. The van der Waals surface area contributed by atoms with Gasteiger partial charge in [0.05, 0.1) is 6.10 Å². The van der Waals surface area contributed by atoms with Crippen molar-refractivity contribution in [3.05, 3.63) is 41.7 Å². The van der Waals surface area contributed by atoms with Crippen molar-refractivity contribution in [2.75, 3.05) is 32.7 Å². The highest BCUT2D eigenvalue weighted by Gasteiger charge is 2.19. The number of halogens is 1. The summed E-state index contributed by atoms with van der Waals surface area (Å²) in [5, 5.41) is 10.5. The molecule has 1 unspecified atom stereocenters. The molecule has 21 heavy (non-hydrogen) atoms. The molecule has 1 aromatic rings. The van der Waals surface area contributed by atoms with Crippen LogP contribution < -0.4 is 0 Å². The monoisotopic (exact) mass is 309 g/mol. The summed E-state index contributed by atoms with van der Waals surface area (Å²) in [4.78, 5) is 8.87. The second-order valence-corrected chi connectivity index (χ2v) is 5.97. The molecule has 0 spiro atoms. The number of pyridine rings is 1.